The first-order chi connectivity index (χ1) is 9.52. The molecule has 1 atom stereocenters. The number of anilines is 2. The summed E-state index contributed by atoms with van der Waals surface area (Å²) in [4.78, 5) is 8.36. The lowest BCUT2D eigenvalue weighted by molar-refractivity contribution is 0.229. The van der Waals surface area contributed by atoms with E-state index in [9.17, 15) is 0 Å². The summed E-state index contributed by atoms with van der Waals surface area (Å²) in [5, 5.41) is 3.47. The summed E-state index contributed by atoms with van der Waals surface area (Å²) >= 11 is 0. The van der Waals surface area contributed by atoms with Gasteiger partial charge in [0.1, 0.15) is 12.0 Å². The monoisotopic (exact) mass is 278 g/mol. The molecular formula is C15H26N4O. The maximum atomic E-state index is 6.10. The molecule has 1 aliphatic rings. The number of ether oxygens (including phenoxy) is 1. The Morgan fingerprint density at radius 1 is 1.45 bits per heavy atom. The van der Waals surface area contributed by atoms with E-state index in [4.69, 9.17) is 10.5 Å². The average molecular weight is 278 g/mol. The minimum atomic E-state index is 0.388. The molecule has 1 fully saturated rings. The largest absolute Gasteiger partial charge is 0.476 e. The Morgan fingerprint density at radius 3 is 2.95 bits per heavy atom. The fourth-order valence-corrected chi connectivity index (χ4v) is 2.82. The van der Waals surface area contributed by atoms with Crippen LogP contribution in [0.15, 0.2) is 6.33 Å². The van der Waals surface area contributed by atoms with Gasteiger partial charge in [0, 0.05) is 6.04 Å². The van der Waals surface area contributed by atoms with Crippen molar-refractivity contribution in [2.75, 3.05) is 17.7 Å². The molecule has 1 aromatic heterocycles. The molecule has 0 radical (unpaired) electrons. The van der Waals surface area contributed by atoms with Gasteiger partial charge in [-0.05, 0) is 31.1 Å². The van der Waals surface area contributed by atoms with Gasteiger partial charge in [-0.15, -0.1) is 0 Å². The number of nitrogens with one attached hydrogen (secondary N) is 1. The molecule has 0 aliphatic heterocycles. The van der Waals surface area contributed by atoms with E-state index in [0.29, 0.717) is 35.4 Å². The zero-order chi connectivity index (χ0) is 14.6. The van der Waals surface area contributed by atoms with Crippen molar-refractivity contribution in [3.63, 3.8) is 0 Å². The standard InChI is InChI=1S/C15H26N4O/c1-4-8-20-14-12(16)13(17-10-18-14)19-11-6-5-7-15(2,3)9-11/h10-11H,4-9,16H2,1-3H3,(H,17,18,19). The topological polar surface area (TPSA) is 73.1 Å². The van der Waals surface area contributed by atoms with Gasteiger partial charge in [-0.2, -0.15) is 4.98 Å². The van der Waals surface area contributed by atoms with Crippen LogP contribution in [0.25, 0.3) is 0 Å². The van der Waals surface area contributed by atoms with Gasteiger partial charge in [0.15, 0.2) is 5.82 Å². The Bertz CT molecular complexity index is 447. The molecule has 0 amide bonds. The Hall–Kier alpha value is -1.52. The van der Waals surface area contributed by atoms with E-state index >= 15 is 0 Å². The van der Waals surface area contributed by atoms with Crippen LogP contribution in [0.5, 0.6) is 5.88 Å². The Kier molecular flexibility index (Phi) is 4.68. The lowest BCUT2D eigenvalue weighted by atomic mass is 9.75. The fourth-order valence-electron chi connectivity index (χ4n) is 2.82. The number of hydrogen-bond acceptors (Lipinski definition) is 5. The van der Waals surface area contributed by atoms with Crippen molar-refractivity contribution in [2.24, 2.45) is 5.41 Å². The number of nitrogen functional groups attached to an aromatic ring is 1. The van der Waals surface area contributed by atoms with E-state index in [2.05, 4.69) is 36.1 Å². The van der Waals surface area contributed by atoms with Gasteiger partial charge >= 0.3 is 0 Å². The van der Waals surface area contributed by atoms with Crippen LogP contribution in [0, 0.1) is 5.41 Å². The highest BCUT2D eigenvalue weighted by Gasteiger charge is 2.28. The fraction of sp³-hybridized carbons (Fsp3) is 0.733. The molecule has 112 valence electrons. The van der Waals surface area contributed by atoms with Crippen molar-refractivity contribution >= 4 is 11.5 Å². The van der Waals surface area contributed by atoms with Gasteiger partial charge < -0.3 is 15.8 Å². The summed E-state index contributed by atoms with van der Waals surface area (Å²) in [6, 6.07) is 0.426. The van der Waals surface area contributed by atoms with Gasteiger partial charge in [-0.25, -0.2) is 4.98 Å². The molecule has 2 rings (SSSR count). The molecule has 1 aromatic rings. The average Bonchev–Trinajstić information content (AvgIpc) is 2.39. The first-order valence-corrected chi connectivity index (χ1v) is 7.51. The van der Waals surface area contributed by atoms with Gasteiger partial charge in [-0.3, -0.25) is 0 Å². The van der Waals surface area contributed by atoms with Crippen molar-refractivity contribution < 1.29 is 4.74 Å². The first-order valence-electron chi connectivity index (χ1n) is 7.51. The molecular weight excluding hydrogens is 252 g/mol. The van der Waals surface area contributed by atoms with Crippen molar-refractivity contribution in [3.8, 4) is 5.88 Å². The second kappa shape index (κ2) is 6.29. The highest BCUT2D eigenvalue weighted by Crippen LogP contribution is 2.37. The molecule has 0 aromatic carbocycles. The van der Waals surface area contributed by atoms with Gasteiger partial charge in [0.25, 0.3) is 0 Å². The predicted octanol–water partition coefficient (Wildman–Crippen LogP) is 3.23. The summed E-state index contributed by atoms with van der Waals surface area (Å²) in [7, 11) is 0. The van der Waals surface area contributed by atoms with Crippen molar-refractivity contribution in [1.82, 2.24) is 9.97 Å². The lowest BCUT2D eigenvalue weighted by Crippen LogP contribution is -2.32. The third-order valence-corrected chi connectivity index (χ3v) is 3.84. The van der Waals surface area contributed by atoms with Crippen LogP contribution in [0.1, 0.15) is 52.9 Å². The molecule has 1 unspecified atom stereocenters. The molecule has 1 saturated carbocycles. The predicted molar refractivity (Wildman–Crippen MR) is 81.9 cm³/mol. The van der Waals surface area contributed by atoms with E-state index in [1.165, 1.54) is 19.2 Å². The maximum Gasteiger partial charge on any atom is 0.242 e. The smallest absolute Gasteiger partial charge is 0.242 e. The van der Waals surface area contributed by atoms with Gasteiger partial charge in [0.05, 0.1) is 6.61 Å². The normalized spacial score (nSPS) is 21.4. The molecule has 0 bridgehead atoms. The Morgan fingerprint density at radius 2 is 2.25 bits per heavy atom. The summed E-state index contributed by atoms with van der Waals surface area (Å²) in [6.07, 6.45) is 7.28. The Labute approximate surface area is 121 Å². The zero-order valence-electron chi connectivity index (χ0n) is 12.8. The molecule has 20 heavy (non-hydrogen) atoms. The summed E-state index contributed by atoms with van der Waals surface area (Å²) in [5.74, 6) is 1.19. The van der Waals surface area contributed by atoms with E-state index in [1.807, 2.05) is 0 Å². The van der Waals surface area contributed by atoms with Crippen LogP contribution in [0.4, 0.5) is 11.5 Å². The second-order valence-electron chi connectivity index (χ2n) is 6.39. The number of hydrogen-bond donors (Lipinski definition) is 2. The van der Waals surface area contributed by atoms with Crippen molar-refractivity contribution in [1.29, 1.82) is 0 Å². The van der Waals surface area contributed by atoms with Crippen LogP contribution in [-0.2, 0) is 0 Å². The lowest BCUT2D eigenvalue weighted by Gasteiger charge is -2.35. The molecule has 0 spiro atoms. The van der Waals surface area contributed by atoms with Gasteiger partial charge in [0.2, 0.25) is 5.88 Å². The van der Waals surface area contributed by atoms with Crippen LogP contribution < -0.4 is 15.8 Å². The third kappa shape index (κ3) is 3.74. The van der Waals surface area contributed by atoms with Crippen molar-refractivity contribution in [2.45, 2.75) is 58.9 Å². The number of nitrogens with zero attached hydrogens (tertiary/aromatic N) is 2. The molecule has 3 N–H and O–H groups in total. The number of nitrogens with two attached hydrogens (primary N) is 1. The van der Waals surface area contributed by atoms with Crippen LogP contribution in [0.3, 0.4) is 0 Å². The van der Waals surface area contributed by atoms with Crippen LogP contribution >= 0.6 is 0 Å². The van der Waals surface area contributed by atoms with E-state index < -0.39 is 0 Å². The summed E-state index contributed by atoms with van der Waals surface area (Å²) in [5.41, 5.74) is 7.00. The van der Waals surface area contributed by atoms with E-state index in [-0.39, 0.29) is 0 Å². The third-order valence-electron chi connectivity index (χ3n) is 3.84. The minimum absolute atomic E-state index is 0.388. The first kappa shape index (κ1) is 14.9. The highest BCUT2D eigenvalue weighted by molar-refractivity contribution is 5.66. The highest BCUT2D eigenvalue weighted by atomic mass is 16.5. The van der Waals surface area contributed by atoms with E-state index in [0.717, 1.165) is 19.3 Å². The zero-order valence-corrected chi connectivity index (χ0v) is 12.8. The summed E-state index contributed by atoms with van der Waals surface area (Å²) in [6.45, 7) is 7.32. The molecule has 1 heterocycles. The molecule has 5 heteroatoms. The molecule has 5 nitrogen and oxygen atoms in total. The maximum absolute atomic E-state index is 6.10. The van der Waals surface area contributed by atoms with Crippen LogP contribution in [0.2, 0.25) is 0 Å². The quantitative estimate of drug-likeness (QED) is 0.865. The molecule has 0 saturated heterocycles. The molecule has 1 aliphatic carbocycles. The van der Waals surface area contributed by atoms with Crippen LogP contribution in [-0.4, -0.2) is 22.6 Å². The second-order valence-corrected chi connectivity index (χ2v) is 6.39. The Balaban J connectivity index is 2.05. The SMILES string of the molecule is CCCOc1ncnc(NC2CCCC(C)(C)C2)c1N. The number of aromatic nitrogens is 2. The summed E-state index contributed by atoms with van der Waals surface area (Å²) < 4.78 is 5.54. The minimum Gasteiger partial charge on any atom is -0.476 e. The number of rotatable bonds is 5. The van der Waals surface area contributed by atoms with Crippen molar-refractivity contribution in [3.05, 3.63) is 6.33 Å². The van der Waals surface area contributed by atoms with E-state index in [1.54, 1.807) is 0 Å². The van der Waals surface area contributed by atoms with Gasteiger partial charge in [-0.1, -0.05) is 27.2 Å².